The summed E-state index contributed by atoms with van der Waals surface area (Å²) >= 11 is 0. The van der Waals surface area contributed by atoms with Crippen LogP contribution in [-0.2, 0) is 0 Å². The highest BCUT2D eigenvalue weighted by atomic mass is 19.3. The fourth-order valence-corrected chi connectivity index (χ4v) is 2.53. The van der Waals surface area contributed by atoms with Crippen LogP contribution < -0.4 is 5.32 Å². The first-order valence-electron chi connectivity index (χ1n) is 6.98. The Balaban J connectivity index is 2.30. The van der Waals surface area contributed by atoms with Crippen LogP contribution in [0.2, 0.25) is 0 Å². The van der Waals surface area contributed by atoms with Gasteiger partial charge in [0.05, 0.1) is 6.54 Å². The highest BCUT2D eigenvalue weighted by molar-refractivity contribution is 4.82. The summed E-state index contributed by atoms with van der Waals surface area (Å²) in [5.41, 5.74) is 0. The Morgan fingerprint density at radius 1 is 1.26 bits per heavy atom. The van der Waals surface area contributed by atoms with Crippen LogP contribution in [0.15, 0.2) is 0 Å². The van der Waals surface area contributed by atoms with E-state index in [1.54, 1.807) is 0 Å². The average Bonchev–Trinajstić information content (AvgIpc) is 2.37. The standard InChI is InChI=1S/C13H24F4N2/c1-3-6-19-7-4-11(5-8-19)10(2)18-9-13(16,17)12(14)15/h10-12,18H,3-9H2,1-2H3. The first kappa shape index (κ1) is 16.7. The number of likely N-dealkylation sites (tertiary alicyclic amines) is 1. The lowest BCUT2D eigenvalue weighted by Gasteiger charge is -2.35. The van der Waals surface area contributed by atoms with Crippen LogP contribution in [0.1, 0.15) is 33.1 Å². The second-order valence-corrected chi connectivity index (χ2v) is 5.41. The first-order valence-corrected chi connectivity index (χ1v) is 6.98. The van der Waals surface area contributed by atoms with Gasteiger partial charge in [-0.3, -0.25) is 0 Å². The number of hydrogen-bond donors (Lipinski definition) is 1. The third-order valence-electron chi connectivity index (χ3n) is 3.86. The summed E-state index contributed by atoms with van der Waals surface area (Å²) in [7, 11) is 0. The quantitative estimate of drug-likeness (QED) is 0.723. The lowest BCUT2D eigenvalue weighted by Crippen LogP contribution is -2.47. The molecule has 0 amide bonds. The predicted octanol–water partition coefficient (Wildman–Crippen LogP) is 2.99. The average molecular weight is 284 g/mol. The van der Waals surface area contributed by atoms with Crippen molar-refractivity contribution in [1.29, 1.82) is 0 Å². The predicted molar refractivity (Wildman–Crippen MR) is 67.9 cm³/mol. The number of hydrogen-bond acceptors (Lipinski definition) is 2. The summed E-state index contributed by atoms with van der Waals surface area (Å²) in [5, 5.41) is 2.57. The zero-order valence-corrected chi connectivity index (χ0v) is 11.6. The van der Waals surface area contributed by atoms with Gasteiger partial charge in [-0.1, -0.05) is 6.92 Å². The minimum Gasteiger partial charge on any atom is -0.308 e. The number of halogens is 4. The molecule has 0 radical (unpaired) electrons. The molecule has 1 aliphatic rings. The van der Waals surface area contributed by atoms with E-state index >= 15 is 0 Å². The minimum absolute atomic E-state index is 0.145. The Hall–Kier alpha value is -0.360. The van der Waals surface area contributed by atoms with Crippen LogP contribution in [0.3, 0.4) is 0 Å². The van der Waals surface area contributed by atoms with Crippen molar-refractivity contribution in [2.75, 3.05) is 26.2 Å². The molecule has 1 aliphatic heterocycles. The van der Waals surface area contributed by atoms with E-state index in [1.165, 1.54) is 0 Å². The summed E-state index contributed by atoms with van der Waals surface area (Å²) in [6, 6.07) is -0.145. The molecule has 0 aromatic heterocycles. The van der Waals surface area contributed by atoms with Crippen molar-refractivity contribution < 1.29 is 17.6 Å². The molecular formula is C13H24F4N2. The van der Waals surface area contributed by atoms with E-state index in [2.05, 4.69) is 17.1 Å². The second kappa shape index (κ2) is 7.43. The molecule has 0 saturated carbocycles. The molecule has 0 aromatic rings. The number of piperidine rings is 1. The van der Waals surface area contributed by atoms with Crippen LogP contribution >= 0.6 is 0 Å². The molecular weight excluding hydrogens is 260 g/mol. The van der Waals surface area contributed by atoms with Gasteiger partial charge < -0.3 is 10.2 Å². The third-order valence-corrected chi connectivity index (χ3v) is 3.86. The summed E-state index contributed by atoms with van der Waals surface area (Å²) in [6.45, 7) is 5.99. The maximum atomic E-state index is 12.8. The molecule has 1 saturated heterocycles. The second-order valence-electron chi connectivity index (χ2n) is 5.41. The summed E-state index contributed by atoms with van der Waals surface area (Å²) in [6.07, 6.45) is -0.611. The fourth-order valence-electron chi connectivity index (χ4n) is 2.53. The Morgan fingerprint density at radius 2 is 1.84 bits per heavy atom. The molecule has 1 atom stereocenters. The highest BCUT2D eigenvalue weighted by Crippen LogP contribution is 2.24. The van der Waals surface area contributed by atoms with Gasteiger partial charge in [0.15, 0.2) is 0 Å². The van der Waals surface area contributed by atoms with Crippen molar-refractivity contribution in [2.24, 2.45) is 5.92 Å². The van der Waals surface area contributed by atoms with Gasteiger partial charge in [-0.25, -0.2) is 8.78 Å². The van der Waals surface area contributed by atoms with Gasteiger partial charge in [-0.2, -0.15) is 8.78 Å². The van der Waals surface area contributed by atoms with Gasteiger partial charge in [0.25, 0.3) is 0 Å². The first-order chi connectivity index (χ1) is 8.86. The maximum absolute atomic E-state index is 12.8. The van der Waals surface area contributed by atoms with Crippen molar-refractivity contribution in [3.8, 4) is 0 Å². The summed E-state index contributed by atoms with van der Waals surface area (Å²) in [4.78, 5) is 2.36. The van der Waals surface area contributed by atoms with E-state index in [-0.39, 0.29) is 6.04 Å². The Morgan fingerprint density at radius 3 is 2.32 bits per heavy atom. The van der Waals surface area contributed by atoms with Gasteiger partial charge in [0.1, 0.15) is 0 Å². The minimum atomic E-state index is -3.93. The number of nitrogens with one attached hydrogen (secondary N) is 1. The molecule has 0 spiro atoms. The van der Waals surface area contributed by atoms with Gasteiger partial charge in [-0.05, 0) is 51.7 Å². The molecule has 0 aliphatic carbocycles. The van der Waals surface area contributed by atoms with E-state index in [1.807, 2.05) is 6.92 Å². The van der Waals surface area contributed by atoms with E-state index in [9.17, 15) is 17.6 Å². The van der Waals surface area contributed by atoms with Gasteiger partial charge >= 0.3 is 12.3 Å². The molecule has 1 unspecified atom stereocenters. The Kier molecular flexibility index (Phi) is 6.53. The number of nitrogens with zero attached hydrogens (tertiary/aromatic N) is 1. The van der Waals surface area contributed by atoms with Crippen molar-refractivity contribution in [3.63, 3.8) is 0 Å². The van der Waals surface area contributed by atoms with E-state index in [0.717, 1.165) is 38.9 Å². The Labute approximate surface area is 112 Å². The molecule has 0 aromatic carbocycles. The lowest BCUT2D eigenvalue weighted by molar-refractivity contribution is -0.126. The van der Waals surface area contributed by atoms with Crippen LogP contribution in [0.25, 0.3) is 0 Å². The van der Waals surface area contributed by atoms with E-state index < -0.39 is 18.9 Å². The molecule has 1 N–H and O–H groups in total. The molecule has 1 rings (SSSR count). The SMILES string of the molecule is CCCN1CCC(C(C)NCC(F)(F)C(F)F)CC1. The van der Waals surface area contributed by atoms with Crippen molar-refractivity contribution in [3.05, 3.63) is 0 Å². The van der Waals surface area contributed by atoms with Crippen LogP contribution in [0, 0.1) is 5.92 Å². The van der Waals surface area contributed by atoms with Crippen molar-refractivity contribution in [1.82, 2.24) is 10.2 Å². The molecule has 19 heavy (non-hydrogen) atoms. The molecule has 1 heterocycles. The maximum Gasteiger partial charge on any atom is 0.319 e. The number of rotatable bonds is 7. The monoisotopic (exact) mass is 284 g/mol. The highest BCUT2D eigenvalue weighted by Gasteiger charge is 2.40. The number of alkyl halides is 4. The molecule has 0 bridgehead atoms. The van der Waals surface area contributed by atoms with Crippen LogP contribution in [-0.4, -0.2) is 49.5 Å². The molecule has 6 heteroatoms. The van der Waals surface area contributed by atoms with Crippen molar-refractivity contribution >= 4 is 0 Å². The largest absolute Gasteiger partial charge is 0.319 e. The van der Waals surface area contributed by atoms with E-state index in [4.69, 9.17) is 0 Å². The lowest BCUT2D eigenvalue weighted by atomic mass is 9.90. The molecule has 1 fully saturated rings. The summed E-state index contributed by atoms with van der Waals surface area (Å²) < 4.78 is 49.7. The normalized spacial score (nSPS) is 21.0. The van der Waals surface area contributed by atoms with Crippen LogP contribution in [0.5, 0.6) is 0 Å². The summed E-state index contributed by atoms with van der Waals surface area (Å²) in [5.74, 6) is -3.64. The fraction of sp³-hybridized carbons (Fsp3) is 1.00. The van der Waals surface area contributed by atoms with Gasteiger partial charge in [-0.15, -0.1) is 0 Å². The van der Waals surface area contributed by atoms with Gasteiger partial charge in [0, 0.05) is 6.04 Å². The zero-order chi connectivity index (χ0) is 14.5. The third kappa shape index (κ3) is 5.26. The van der Waals surface area contributed by atoms with Gasteiger partial charge in [0.2, 0.25) is 0 Å². The smallest absolute Gasteiger partial charge is 0.308 e. The van der Waals surface area contributed by atoms with Crippen LogP contribution in [0.4, 0.5) is 17.6 Å². The van der Waals surface area contributed by atoms with Crippen molar-refractivity contribution in [2.45, 2.75) is 51.5 Å². The topological polar surface area (TPSA) is 15.3 Å². The molecule has 114 valence electrons. The Bertz CT molecular complexity index is 253. The molecule has 2 nitrogen and oxygen atoms in total. The zero-order valence-electron chi connectivity index (χ0n) is 11.6. The van der Waals surface area contributed by atoms with E-state index in [0.29, 0.717) is 5.92 Å².